The van der Waals surface area contributed by atoms with Crippen LogP contribution >= 0.6 is 39.1 Å². The number of rotatable bonds is 4. The summed E-state index contributed by atoms with van der Waals surface area (Å²) < 4.78 is 0.927. The maximum absolute atomic E-state index is 13.2. The first kappa shape index (κ1) is 25.4. The topological polar surface area (TPSA) is 86.8 Å². The molecule has 3 aromatic carbocycles. The predicted molar refractivity (Wildman–Crippen MR) is 145 cm³/mol. The fraction of sp³-hybridized carbons (Fsp3) is 0.185. The third kappa shape index (κ3) is 5.01. The van der Waals surface area contributed by atoms with Gasteiger partial charge < -0.3 is 10.2 Å². The molecule has 0 unspecified atom stereocenters. The molecule has 4 amide bonds. The molecule has 10 heteroatoms. The largest absolute Gasteiger partial charge is 0.339 e. The van der Waals surface area contributed by atoms with Gasteiger partial charge in [-0.3, -0.25) is 19.2 Å². The Labute approximate surface area is 231 Å². The van der Waals surface area contributed by atoms with Crippen LogP contribution in [0.5, 0.6) is 0 Å². The van der Waals surface area contributed by atoms with E-state index >= 15 is 0 Å². The minimum Gasteiger partial charge on any atom is -0.339 e. The van der Waals surface area contributed by atoms with Crippen LogP contribution in [0.3, 0.4) is 0 Å². The zero-order chi connectivity index (χ0) is 26.3. The maximum Gasteiger partial charge on any atom is 0.266 e. The Morgan fingerprint density at radius 1 is 0.865 bits per heavy atom. The first-order valence-corrected chi connectivity index (χ1v) is 13.1. The van der Waals surface area contributed by atoms with E-state index in [1.54, 1.807) is 17.0 Å². The summed E-state index contributed by atoms with van der Waals surface area (Å²) in [4.78, 5) is 54.6. The molecule has 5 rings (SSSR count). The number of carbonyl (C=O) groups excluding carboxylic acids is 4. The van der Waals surface area contributed by atoms with Gasteiger partial charge in [0.15, 0.2) is 0 Å². The predicted octanol–water partition coefficient (Wildman–Crippen LogP) is 6.05. The maximum atomic E-state index is 13.2. The fourth-order valence-electron chi connectivity index (χ4n) is 4.55. The van der Waals surface area contributed by atoms with Gasteiger partial charge in [-0.15, -0.1) is 0 Å². The van der Waals surface area contributed by atoms with Crippen LogP contribution in [-0.4, -0.2) is 41.6 Å². The second-order valence-electron chi connectivity index (χ2n) is 8.86. The van der Waals surface area contributed by atoms with Crippen molar-refractivity contribution >= 4 is 74.1 Å². The minimum absolute atomic E-state index is 0.0733. The molecule has 2 aliphatic rings. The summed E-state index contributed by atoms with van der Waals surface area (Å²) in [6.45, 7) is 0.816. The van der Waals surface area contributed by atoms with E-state index in [1.165, 1.54) is 24.3 Å². The van der Waals surface area contributed by atoms with E-state index in [2.05, 4.69) is 21.2 Å². The monoisotopic (exact) mass is 599 g/mol. The lowest BCUT2D eigenvalue weighted by Crippen LogP contribution is -2.41. The number of benzene rings is 3. The van der Waals surface area contributed by atoms with Crippen LogP contribution in [-0.2, 0) is 4.79 Å². The van der Waals surface area contributed by atoms with E-state index in [-0.39, 0.29) is 39.6 Å². The van der Waals surface area contributed by atoms with Gasteiger partial charge in [0.25, 0.3) is 17.7 Å². The van der Waals surface area contributed by atoms with Gasteiger partial charge in [0.05, 0.1) is 21.8 Å². The Balaban J connectivity index is 1.26. The molecule has 0 aromatic heterocycles. The molecular formula is C27H20BrCl2N3O4. The summed E-state index contributed by atoms with van der Waals surface area (Å²) in [5.74, 6) is -1.63. The van der Waals surface area contributed by atoms with Gasteiger partial charge in [0.2, 0.25) is 5.91 Å². The van der Waals surface area contributed by atoms with Crippen LogP contribution in [0.2, 0.25) is 10.0 Å². The van der Waals surface area contributed by atoms with E-state index in [9.17, 15) is 19.2 Å². The lowest BCUT2D eigenvalue weighted by Gasteiger charge is -2.31. The number of piperidine rings is 1. The average molecular weight is 601 g/mol. The van der Waals surface area contributed by atoms with Crippen LogP contribution in [0.15, 0.2) is 65.1 Å². The highest BCUT2D eigenvalue weighted by molar-refractivity contribution is 9.10. The number of likely N-dealkylation sites (tertiary alicyclic amines) is 1. The summed E-state index contributed by atoms with van der Waals surface area (Å²) in [6.07, 6.45) is 1.05. The molecule has 3 aromatic rings. The van der Waals surface area contributed by atoms with E-state index in [1.807, 2.05) is 24.3 Å². The van der Waals surface area contributed by atoms with Gasteiger partial charge in [-0.25, -0.2) is 4.90 Å². The van der Waals surface area contributed by atoms with Gasteiger partial charge >= 0.3 is 0 Å². The van der Waals surface area contributed by atoms with Crippen LogP contribution in [0, 0.1) is 5.92 Å². The van der Waals surface area contributed by atoms with Crippen LogP contribution in [0.1, 0.15) is 43.9 Å². The van der Waals surface area contributed by atoms with Crippen molar-refractivity contribution in [1.29, 1.82) is 0 Å². The summed E-state index contributed by atoms with van der Waals surface area (Å²) >= 11 is 15.6. The smallest absolute Gasteiger partial charge is 0.266 e. The Morgan fingerprint density at radius 3 is 2.24 bits per heavy atom. The molecule has 0 atom stereocenters. The number of nitrogens with one attached hydrogen (secondary N) is 1. The zero-order valence-electron chi connectivity index (χ0n) is 19.3. The summed E-state index contributed by atoms with van der Waals surface area (Å²) in [6, 6.07) is 16.4. The Kier molecular flexibility index (Phi) is 7.07. The number of nitrogens with zero attached hydrogens (tertiary/aromatic N) is 2. The van der Waals surface area contributed by atoms with Crippen molar-refractivity contribution < 1.29 is 19.2 Å². The van der Waals surface area contributed by atoms with Gasteiger partial charge in [0.1, 0.15) is 0 Å². The van der Waals surface area contributed by atoms with E-state index in [0.717, 1.165) is 15.1 Å². The molecule has 37 heavy (non-hydrogen) atoms. The number of hydrogen-bond acceptors (Lipinski definition) is 4. The molecule has 0 radical (unpaired) electrons. The third-order valence-corrected chi connectivity index (χ3v) is 7.63. The number of fused-ring (bicyclic) bond motifs is 1. The molecule has 1 saturated heterocycles. The van der Waals surface area contributed by atoms with E-state index in [4.69, 9.17) is 23.2 Å². The lowest BCUT2D eigenvalue weighted by molar-refractivity contribution is -0.121. The van der Waals surface area contributed by atoms with Crippen molar-refractivity contribution in [2.45, 2.75) is 12.8 Å². The SMILES string of the molecule is O=C(Nc1ccc(Br)cc1)C1CCN(C(=O)c2ccc3c(c2)C(=O)N(c2cc(Cl)ccc2Cl)C3=O)CC1. The first-order chi connectivity index (χ1) is 17.7. The molecule has 1 N–H and O–H groups in total. The quantitative estimate of drug-likeness (QED) is 0.370. The average Bonchev–Trinajstić information content (AvgIpc) is 3.15. The Bertz CT molecular complexity index is 1440. The number of carbonyl (C=O) groups is 4. The highest BCUT2D eigenvalue weighted by Gasteiger charge is 2.38. The summed E-state index contributed by atoms with van der Waals surface area (Å²) in [5.41, 5.74) is 1.54. The normalized spacial score (nSPS) is 15.6. The van der Waals surface area contributed by atoms with E-state index < -0.39 is 11.8 Å². The first-order valence-electron chi connectivity index (χ1n) is 11.6. The molecule has 2 heterocycles. The van der Waals surface area contributed by atoms with Crippen molar-refractivity contribution in [3.8, 4) is 0 Å². The second-order valence-corrected chi connectivity index (χ2v) is 10.6. The molecule has 7 nitrogen and oxygen atoms in total. The highest BCUT2D eigenvalue weighted by atomic mass is 79.9. The number of imide groups is 1. The van der Waals surface area contributed by atoms with E-state index in [0.29, 0.717) is 36.5 Å². The number of hydrogen-bond donors (Lipinski definition) is 1. The van der Waals surface area contributed by atoms with Crippen molar-refractivity contribution in [2.24, 2.45) is 5.92 Å². The number of halogens is 3. The van der Waals surface area contributed by atoms with Gasteiger partial charge in [0, 0.05) is 39.8 Å². The molecule has 188 valence electrons. The fourth-order valence-corrected chi connectivity index (χ4v) is 5.19. The second kappa shape index (κ2) is 10.3. The molecule has 2 aliphatic heterocycles. The molecular weight excluding hydrogens is 581 g/mol. The van der Waals surface area contributed by atoms with Crippen LogP contribution in [0.4, 0.5) is 11.4 Å². The van der Waals surface area contributed by atoms with Crippen LogP contribution in [0.25, 0.3) is 0 Å². The highest BCUT2D eigenvalue weighted by Crippen LogP contribution is 2.35. The minimum atomic E-state index is -0.567. The van der Waals surface area contributed by atoms with Gasteiger partial charge in [-0.2, -0.15) is 0 Å². The standard InChI is InChI=1S/C27H20BrCl2N3O4/c28-17-2-5-19(6-3-17)31-24(34)15-9-11-32(12-10-15)25(35)16-1-7-20-21(13-16)27(37)33(26(20)36)23-14-18(29)4-8-22(23)30/h1-8,13-15H,9-12H2,(H,31,34). The molecule has 0 bridgehead atoms. The molecule has 0 spiro atoms. The molecule has 0 aliphatic carbocycles. The summed E-state index contributed by atoms with van der Waals surface area (Å²) in [5, 5.41) is 3.47. The molecule has 1 fully saturated rings. The van der Waals surface area contributed by atoms with Gasteiger partial charge in [-0.1, -0.05) is 39.1 Å². The number of amides is 4. The number of anilines is 2. The summed E-state index contributed by atoms with van der Waals surface area (Å²) in [7, 11) is 0. The van der Waals surface area contributed by atoms with Crippen LogP contribution < -0.4 is 10.2 Å². The Hall–Kier alpha value is -3.20. The zero-order valence-corrected chi connectivity index (χ0v) is 22.4. The van der Waals surface area contributed by atoms with Crippen molar-refractivity contribution in [2.75, 3.05) is 23.3 Å². The third-order valence-electron chi connectivity index (χ3n) is 6.55. The lowest BCUT2D eigenvalue weighted by atomic mass is 9.95. The van der Waals surface area contributed by atoms with Crippen molar-refractivity contribution in [1.82, 2.24) is 4.90 Å². The van der Waals surface area contributed by atoms with Gasteiger partial charge in [-0.05, 0) is 73.5 Å². The van der Waals surface area contributed by atoms with Crippen molar-refractivity contribution in [3.63, 3.8) is 0 Å². The molecule has 0 saturated carbocycles. The van der Waals surface area contributed by atoms with Crippen molar-refractivity contribution in [3.05, 3.63) is 91.9 Å². The Morgan fingerprint density at radius 2 is 1.54 bits per heavy atom.